The van der Waals surface area contributed by atoms with E-state index in [2.05, 4.69) is 36.1 Å². The maximum Gasteiger partial charge on any atom is 0.0388 e. The average Bonchev–Trinajstić information content (AvgIpc) is 1.97. The van der Waals surface area contributed by atoms with Crippen molar-refractivity contribution in [1.82, 2.24) is 0 Å². The van der Waals surface area contributed by atoms with E-state index in [9.17, 15) is 0 Å². The molecule has 0 bridgehead atoms. The molecule has 0 aliphatic heterocycles. The van der Waals surface area contributed by atoms with Crippen LogP contribution in [0.4, 0.5) is 0 Å². The Morgan fingerprint density at radius 2 is 1.64 bits per heavy atom. The van der Waals surface area contributed by atoms with Crippen molar-refractivity contribution in [3.8, 4) is 0 Å². The van der Waals surface area contributed by atoms with Crippen LogP contribution in [0, 0.1) is 20.8 Å². The van der Waals surface area contributed by atoms with Gasteiger partial charge >= 0.3 is 0 Å². The predicted molar refractivity (Wildman–Crippen MR) is 59.6 cm³/mol. The molecule has 0 radical (unpaired) electrons. The van der Waals surface area contributed by atoms with Crippen LogP contribution in [0.5, 0.6) is 0 Å². The van der Waals surface area contributed by atoms with E-state index in [0.29, 0.717) is 0 Å². The minimum Gasteiger partial charge on any atom is -0.105 e. The maximum atomic E-state index is 2.80. The van der Waals surface area contributed by atoms with Crippen LogP contribution in [0.1, 0.15) is 16.7 Å². The van der Waals surface area contributed by atoms with Crippen molar-refractivity contribution in [1.29, 1.82) is 0 Å². The largest absolute Gasteiger partial charge is 0.105 e. The monoisotopic (exact) mass is 182 g/mol. The standard InChI is InChI=1S/C9H15PSi/c1-5-6(2)8(10)4-9(11)7(5)3/h4H,10H2,1-3,11H3. The van der Waals surface area contributed by atoms with Gasteiger partial charge in [-0.1, -0.05) is 11.3 Å². The minimum atomic E-state index is 1.16. The van der Waals surface area contributed by atoms with Gasteiger partial charge in [0.25, 0.3) is 0 Å². The first-order valence-electron chi connectivity index (χ1n) is 3.87. The summed E-state index contributed by atoms with van der Waals surface area (Å²) in [7, 11) is 3.96. The van der Waals surface area contributed by atoms with Crippen LogP contribution in [0.25, 0.3) is 0 Å². The van der Waals surface area contributed by atoms with Gasteiger partial charge in [-0.15, -0.1) is 9.24 Å². The molecule has 1 unspecified atom stereocenters. The van der Waals surface area contributed by atoms with E-state index < -0.39 is 0 Å². The van der Waals surface area contributed by atoms with Gasteiger partial charge in [-0.05, 0) is 42.8 Å². The number of benzene rings is 1. The van der Waals surface area contributed by atoms with Gasteiger partial charge in [-0.3, -0.25) is 0 Å². The summed E-state index contributed by atoms with van der Waals surface area (Å²) in [4.78, 5) is 0. The molecule has 0 amide bonds. The quantitative estimate of drug-likeness (QED) is 0.394. The number of hydrogen-bond donors (Lipinski definition) is 0. The predicted octanol–water partition coefficient (Wildman–Crippen LogP) is 0.103. The van der Waals surface area contributed by atoms with Crippen LogP contribution in [0.3, 0.4) is 0 Å². The molecule has 1 rings (SSSR count). The highest BCUT2D eigenvalue weighted by molar-refractivity contribution is 7.27. The molecule has 0 N–H and O–H groups in total. The third-order valence-electron chi connectivity index (χ3n) is 2.52. The summed E-state index contributed by atoms with van der Waals surface area (Å²) in [6.45, 7) is 6.61. The van der Waals surface area contributed by atoms with Crippen molar-refractivity contribution in [2.24, 2.45) is 0 Å². The number of hydrogen-bond acceptors (Lipinski definition) is 0. The molecule has 0 aromatic heterocycles. The van der Waals surface area contributed by atoms with Crippen LogP contribution >= 0.6 is 9.24 Å². The Morgan fingerprint density at radius 1 is 1.09 bits per heavy atom. The molecule has 0 aliphatic carbocycles. The van der Waals surface area contributed by atoms with Gasteiger partial charge in [0.2, 0.25) is 0 Å². The van der Waals surface area contributed by atoms with Gasteiger partial charge in [0.1, 0.15) is 0 Å². The molecular formula is C9H15PSi. The van der Waals surface area contributed by atoms with Gasteiger partial charge in [-0.2, -0.15) is 0 Å². The molecule has 0 saturated carbocycles. The zero-order valence-electron chi connectivity index (χ0n) is 7.65. The highest BCUT2D eigenvalue weighted by atomic mass is 31.0. The van der Waals surface area contributed by atoms with E-state index in [-0.39, 0.29) is 0 Å². The van der Waals surface area contributed by atoms with E-state index in [1.165, 1.54) is 27.2 Å². The van der Waals surface area contributed by atoms with Crippen LogP contribution in [-0.4, -0.2) is 10.2 Å². The third-order valence-corrected chi connectivity index (χ3v) is 4.16. The Hall–Kier alpha value is -0.133. The number of rotatable bonds is 0. The van der Waals surface area contributed by atoms with Crippen LogP contribution in [0.15, 0.2) is 6.07 Å². The third kappa shape index (κ3) is 1.55. The molecular weight excluding hydrogens is 167 g/mol. The second kappa shape index (κ2) is 3.08. The highest BCUT2D eigenvalue weighted by Crippen LogP contribution is 2.09. The van der Waals surface area contributed by atoms with E-state index >= 15 is 0 Å². The molecule has 0 nitrogen and oxygen atoms in total. The molecule has 0 spiro atoms. The summed E-state index contributed by atoms with van der Waals surface area (Å²) in [5.74, 6) is 0. The first kappa shape index (κ1) is 8.96. The van der Waals surface area contributed by atoms with Crippen molar-refractivity contribution in [2.45, 2.75) is 20.8 Å². The first-order valence-corrected chi connectivity index (χ1v) is 5.44. The smallest absolute Gasteiger partial charge is 0.0388 e. The van der Waals surface area contributed by atoms with E-state index in [4.69, 9.17) is 0 Å². The lowest BCUT2D eigenvalue weighted by atomic mass is 10.0. The van der Waals surface area contributed by atoms with Crippen molar-refractivity contribution in [3.63, 3.8) is 0 Å². The lowest BCUT2D eigenvalue weighted by molar-refractivity contribution is 1.30. The second-order valence-electron chi connectivity index (χ2n) is 3.16. The van der Waals surface area contributed by atoms with E-state index in [0.717, 1.165) is 10.2 Å². The van der Waals surface area contributed by atoms with Gasteiger partial charge in [0.15, 0.2) is 0 Å². The molecule has 11 heavy (non-hydrogen) atoms. The van der Waals surface area contributed by atoms with Gasteiger partial charge in [0.05, 0.1) is 0 Å². The first-order chi connectivity index (χ1) is 5.04. The summed E-state index contributed by atoms with van der Waals surface area (Å²) in [6, 6.07) is 2.29. The SMILES string of the molecule is Cc1c([SiH3])cc(P)c(C)c1C. The summed E-state index contributed by atoms with van der Waals surface area (Å²) in [5, 5.41) is 2.89. The zero-order chi connectivity index (χ0) is 8.59. The second-order valence-corrected chi connectivity index (χ2v) is 4.86. The maximum absolute atomic E-state index is 2.80. The molecule has 0 fully saturated rings. The molecule has 1 atom stereocenters. The lowest BCUT2D eigenvalue weighted by Gasteiger charge is -2.10. The Bertz CT molecular complexity index is 266. The summed E-state index contributed by atoms with van der Waals surface area (Å²) in [6.07, 6.45) is 0. The fourth-order valence-corrected chi connectivity index (χ4v) is 2.73. The van der Waals surface area contributed by atoms with Crippen molar-refractivity contribution < 1.29 is 0 Å². The van der Waals surface area contributed by atoms with E-state index in [1.807, 2.05) is 0 Å². The summed E-state index contributed by atoms with van der Waals surface area (Å²) in [5.41, 5.74) is 4.37. The van der Waals surface area contributed by atoms with Crippen molar-refractivity contribution >= 4 is 30.0 Å². The molecule has 60 valence electrons. The fraction of sp³-hybridized carbons (Fsp3) is 0.333. The Labute approximate surface area is 74.0 Å². The lowest BCUT2D eigenvalue weighted by Crippen LogP contribution is -2.16. The minimum absolute atomic E-state index is 1.16. The van der Waals surface area contributed by atoms with Gasteiger partial charge < -0.3 is 0 Å². The molecule has 0 heterocycles. The van der Waals surface area contributed by atoms with Crippen molar-refractivity contribution in [2.75, 3.05) is 0 Å². The topological polar surface area (TPSA) is 0 Å². The van der Waals surface area contributed by atoms with Crippen LogP contribution < -0.4 is 10.5 Å². The Balaban J connectivity index is 3.46. The van der Waals surface area contributed by atoms with Gasteiger partial charge in [0, 0.05) is 10.2 Å². The van der Waals surface area contributed by atoms with Crippen molar-refractivity contribution in [3.05, 3.63) is 22.8 Å². The molecule has 0 saturated heterocycles. The molecule has 0 aliphatic rings. The Morgan fingerprint density at radius 3 is 2.18 bits per heavy atom. The van der Waals surface area contributed by atoms with Crippen LogP contribution in [0.2, 0.25) is 0 Å². The molecule has 1 aromatic rings. The Kier molecular flexibility index (Phi) is 2.51. The average molecular weight is 182 g/mol. The summed E-state index contributed by atoms with van der Waals surface area (Å²) < 4.78 is 0. The van der Waals surface area contributed by atoms with E-state index in [1.54, 1.807) is 0 Å². The normalized spacial score (nSPS) is 10.5. The van der Waals surface area contributed by atoms with Crippen LogP contribution in [-0.2, 0) is 0 Å². The fourth-order valence-electron chi connectivity index (χ4n) is 1.24. The molecule has 1 aromatic carbocycles. The zero-order valence-corrected chi connectivity index (χ0v) is 10.8. The van der Waals surface area contributed by atoms with Gasteiger partial charge in [-0.25, -0.2) is 0 Å². The summed E-state index contributed by atoms with van der Waals surface area (Å²) >= 11 is 0. The highest BCUT2D eigenvalue weighted by Gasteiger charge is 2.02. The molecule has 2 heteroatoms.